The number of hydrogen-bond acceptors (Lipinski definition) is 3. The standard InChI is InChI=1S/C14H20N2OS/c1-11-10-18-9-8-16(11)14(17)7-4-12-2-5-13(15)6-3-12/h2-3,5-6,11H,4,7-10,15H2,1H3. The number of nitrogens with zero attached hydrogens (tertiary/aromatic N) is 1. The minimum Gasteiger partial charge on any atom is -0.399 e. The second-order valence-electron chi connectivity index (χ2n) is 4.75. The van der Waals surface area contributed by atoms with Gasteiger partial charge in [0.25, 0.3) is 0 Å². The molecule has 3 nitrogen and oxygen atoms in total. The molecule has 0 spiro atoms. The first kappa shape index (κ1) is 13.3. The van der Waals surface area contributed by atoms with Crippen LogP contribution in [0.3, 0.4) is 0 Å². The van der Waals surface area contributed by atoms with Gasteiger partial charge in [0.2, 0.25) is 5.91 Å². The van der Waals surface area contributed by atoms with Crippen molar-refractivity contribution in [1.82, 2.24) is 4.90 Å². The molecule has 1 aliphatic heterocycles. The fourth-order valence-corrected chi connectivity index (χ4v) is 3.19. The van der Waals surface area contributed by atoms with Crippen LogP contribution in [-0.4, -0.2) is 34.9 Å². The Bertz CT molecular complexity index is 405. The van der Waals surface area contributed by atoms with Crippen molar-refractivity contribution in [1.29, 1.82) is 0 Å². The molecule has 1 heterocycles. The van der Waals surface area contributed by atoms with Crippen molar-refractivity contribution in [3.8, 4) is 0 Å². The van der Waals surface area contributed by atoms with Crippen molar-refractivity contribution < 1.29 is 4.79 Å². The van der Waals surface area contributed by atoms with E-state index in [1.807, 2.05) is 40.9 Å². The second-order valence-corrected chi connectivity index (χ2v) is 5.90. The summed E-state index contributed by atoms with van der Waals surface area (Å²) >= 11 is 1.93. The summed E-state index contributed by atoms with van der Waals surface area (Å²) in [6.07, 6.45) is 1.40. The molecule has 98 valence electrons. The number of nitrogens with two attached hydrogens (primary N) is 1. The minimum atomic E-state index is 0.277. The molecule has 2 rings (SSSR count). The lowest BCUT2D eigenvalue weighted by atomic mass is 10.1. The molecular weight excluding hydrogens is 244 g/mol. The highest BCUT2D eigenvalue weighted by atomic mass is 32.2. The van der Waals surface area contributed by atoms with E-state index in [9.17, 15) is 4.79 Å². The van der Waals surface area contributed by atoms with Gasteiger partial charge in [-0.05, 0) is 31.0 Å². The molecular formula is C14H20N2OS. The van der Waals surface area contributed by atoms with Crippen LogP contribution in [0.25, 0.3) is 0 Å². The van der Waals surface area contributed by atoms with Gasteiger partial charge in [-0.1, -0.05) is 12.1 Å². The predicted molar refractivity (Wildman–Crippen MR) is 77.7 cm³/mol. The molecule has 1 atom stereocenters. The molecule has 1 aliphatic rings. The van der Waals surface area contributed by atoms with Gasteiger partial charge in [-0.2, -0.15) is 11.8 Å². The smallest absolute Gasteiger partial charge is 0.223 e. The number of carbonyl (C=O) groups excluding carboxylic acids is 1. The highest BCUT2D eigenvalue weighted by Crippen LogP contribution is 2.17. The van der Waals surface area contributed by atoms with Gasteiger partial charge in [-0.3, -0.25) is 4.79 Å². The summed E-state index contributed by atoms with van der Waals surface area (Å²) in [5.74, 6) is 2.41. The zero-order chi connectivity index (χ0) is 13.0. The van der Waals surface area contributed by atoms with Crippen LogP contribution < -0.4 is 5.73 Å². The molecule has 1 amide bonds. The van der Waals surface area contributed by atoms with Crippen LogP contribution in [0, 0.1) is 0 Å². The maximum Gasteiger partial charge on any atom is 0.223 e. The summed E-state index contributed by atoms with van der Waals surface area (Å²) in [5, 5.41) is 0. The van der Waals surface area contributed by atoms with Gasteiger partial charge in [0.05, 0.1) is 0 Å². The van der Waals surface area contributed by atoms with Gasteiger partial charge >= 0.3 is 0 Å². The Labute approximate surface area is 113 Å². The molecule has 1 aromatic rings. The van der Waals surface area contributed by atoms with Crippen LogP contribution in [0.2, 0.25) is 0 Å². The van der Waals surface area contributed by atoms with E-state index in [2.05, 4.69) is 6.92 Å². The maximum absolute atomic E-state index is 12.1. The van der Waals surface area contributed by atoms with Gasteiger partial charge in [0, 0.05) is 36.2 Å². The van der Waals surface area contributed by atoms with Crippen molar-refractivity contribution in [2.75, 3.05) is 23.8 Å². The molecule has 0 bridgehead atoms. The number of nitrogen functional groups attached to an aromatic ring is 1. The van der Waals surface area contributed by atoms with E-state index in [4.69, 9.17) is 5.73 Å². The van der Waals surface area contributed by atoms with Crippen molar-refractivity contribution in [3.05, 3.63) is 29.8 Å². The number of carbonyl (C=O) groups is 1. The zero-order valence-corrected chi connectivity index (χ0v) is 11.6. The van der Waals surface area contributed by atoms with Crippen LogP contribution in [-0.2, 0) is 11.2 Å². The normalized spacial score (nSPS) is 19.8. The lowest BCUT2D eigenvalue weighted by Gasteiger charge is -2.33. The van der Waals surface area contributed by atoms with Gasteiger partial charge in [-0.25, -0.2) is 0 Å². The summed E-state index contributed by atoms with van der Waals surface area (Å²) in [4.78, 5) is 14.2. The molecule has 0 radical (unpaired) electrons. The van der Waals surface area contributed by atoms with Gasteiger partial charge in [-0.15, -0.1) is 0 Å². The van der Waals surface area contributed by atoms with Crippen LogP contribution in [0.1, 0.15) is 18.9 Å². The lowest BCUT2D eigenvalue weighted by molar-refractivity contribution is -0.132. The van der Waals surface area contributed by atoms with E-state index in [1.54, 1.807) is 0 Å². The molecule has 2 N–H and O–H groups in total. The van der Waals surface area contributed by atoms with E-state index in [1.165, 1.54) is 5.56 Å². The van der Waals surface area contributed by atoms with Gasteiger partial charge in [0.15, 0.2) is 0 Å². The molecule has 0 aromatic heterocycles. The third-order valence-corrected chi connectivity index (χ3v) is 4.48. The molecule has 1 aromatic carbocycles. The first-order valence-electron chi connectivity index (χ1n) is 6.38. The Kier molecular flexibility index (Phi) is 4.53. The van der Waals surface area contributed by atoms with E-state index in [-0.39, 0.29) is 5.91 Å². The van der Waals surface area contributed by atoms with Crippen molar-refractivity contribution in [2.45, 2.75) is 25.8 Å². The topological polar surface area (TPSA) is 46.3 Å². The van der Waals surface area contributed by atoms with Crippen molar-refractivity contribution in [2.24, 2.45) is 0 Å². The van der Waals surface area contributed by atoms with Gasteiger partial charge in [0.1, 0.15) is 0 Å². The number of thioether (sulfide) groups is 1. The SMILES string of the molecule is CC1CSCCN1C(=O)CCc1ccc(N)cc1. The average Bonchev–Trinajstić information content (AvgIpc) is 2.38. The fraction of sp³-hybridized carbons (Fsp3) is 0.500. The Morgan fingerprint density at radius 2 is 2.17 bits per heavy atom. The third-order valence-electron chi connectivity index (χ3n) is 3.30. The number of amides is 1. The summed E-state index contributed by atoms with van der Waals surface area (Å²) in [5.41, 5.74) is 7.59. The van der Waals surface area contributed by atoms with Crippen LogP contribution in [0.4, 0.5) is 5.69 Å². The Morgan fingerprint density at radius 3 is 2.83 bits per heavy atom. The Morgan fingerprint density at radius 1 is 1.44 bits per heavy atom. The highest BCUT2D eigenvalue weighted by Gasteiger charge is 2.22. The van der Waals surface area contributed by atoms with E-state index in [0.717, 1.165) is 30.2 Å². The van der Waals surface area contributed by atoms with E-state index < -0.39 is 0 Å². The summed E-state index contributed by atoms with van der Waals surface area (Å²) in [6.45, 7) is 3.03. The number of hydrogen-bond donors (Lipinski definition) is 1. The molecule has 1 saturated heterocycles. The number of benzene rings is 1. The molecule has 1 fully saturated rings. The van der Waals surface area contributed by atoms with Crippen LogP contribution in [0.5, 0.6) is 0 Å². The molecule has 4 heteroatoms. The number of rotatable bonds is 3. The Balaban J connectivity index is 1.85. The summed E-state index contributed by atoms with van der Waals surface area (Å²) in [6, 6.07) is 8.15. The first-order valence-corrected chi connectivity index (χ1v) is 7.54. The van der Waals surface area contributed by atoms with Crippen molar-refractivity contribution >= 4 is 23.4 Å². The van der Waals surface area contributed by atoms with Crippen LogP contribution in [0.15, 0.2) is 24.3 Å². The zero-order valence-electron chi connectivity index (χ0n) is 10.8. The molecule has 0 aliphatic carbocycles. The monoisotopic (exact) mass is 264 g/mol. The summed E-state index contributed by atoms with van der Waals surface area (Å²) < 4.78 is 0. The van der Waals surface area contributed by atoms with E-state index >= 15 is 0 Å². The van der Waals surface area contributed by atoms with Gasteiger partial charge < -0.3 is 10.6 Å². The summed E-state index contributed by atoms with van der Waals surface area (Å²) in [7, 11) is 0. The number of aryl methyl sites for hydroxylation is 1. The number of anilines is 1. The predicted octanol–water partition coefficient (Wildman–Crippen LogP) is 2.17. The average molecular weight is 264 g/mol. The largest absolute Gasteiger partial charge is 0.399 e. The molecule has 1 unspecified atom stereocenters. The molecule has 0 saturated carbocycles. The fourth-order valence-electron chi connectivity index (χ4n) is 2.18. The minimum absolute atomic E-state index is 0.277. The first-order chi connectivity index (χ1) is 8.66. The Hall–Kier alpha value is -1.16. The third kappa shape index (κ3) is 3.42. The van der Waals surface area contributed by atoms with Crippen LogP contribution >= 0.6 is 11.8 Å². The highest BCUT2D eigenvalue weighted by molar-refractivity contribution is 7.99. The van der Waals surface area contributed by atoms with E-state index in [0.29, 0.717) is 12.5 Å². The molecule has 18 heavy (non-hydrogen) atoms. The maximum atomic E-state index is 12.1. The second kappa shape index (κ2) is 6.14. The quantitative estimate of drug-likeness (QED) is 0.851. The lowest BCUT2D eigenvalue weighted by Crippen LogP contribution is -2.44. The van der Waals surface area contributed by atoms with Crippen molar-refractivity contribution in [3.63, 3.8) is 0 Å².